The van der Waals surface area contributed by atoms with Crippen LogP contribution in [0.25, 0.3) is 10.9 Å². The molecule has 0 radical (unpaired) electrons. The van der Waals surface area contributed by atoms with E-state index in [0.29, 0.717) is 25.9 Å². The first-order valence-electron chi connectivity index (χ1n) is 10.0. The molecule has 0 aliphatic carbocycles. The zero-order chi connectivity index (χ0) is 19.1. The molecule has 5 rings (SSSR count). The molecule has 154 valence electrons. The molecule has 3 aromatic rings. The number of aryl methyl sites for hydroxylation is 2. The highest BCUT2D eigenvalue weighted by atomic mass is 35.5. The number of nitrogens with zero attached hydrogens (tertiary/aromatic N) is 3. The lowest BCUT2D eigenvalue weighted by molar-refractivity contribution is -0.132. The zero-order valence-corrected chi connectivity index (χ0v) is 17.0. The third-order valence-electron chi connectivity index (χ3n) is 5.83. The number of benzene rings is 1. The number of halogens is 2. The molecule has 0 fully saturated rings. The number of nitrogens with one attached hydrogen (secondary N) is 2. The van der Waals surface area contributed by atoms with E-state index in [1.807, 2.05) is 4.90 Å². The fourth-order valence-electron chi connectivity index (χ4n) is 4.34. The van der Waals surface area contributed by atoms with Crippen LogP contribution >= 0.6 is 12.4 Å². The second-order valence-electron chi connectivity index (χ2n) is 7.72. The normalized spacial score (nSPS) is 16.1. The van der Waals surface area contributed by atoms with E-state index in [4.69, 9.17) is 0 Å². The first-order chi connectivity index (χ1) is 13.7. The Hall–Kier alpha value is -2.38. The Morgan fingerprint density at radius 1 is 1.24 bits per heavy atom. The first kappa shape index (κ1) is 19.9. The Bertz CT molecular complexity index is 1020. The van der Waals surface area contributed by atoms with Gasteiger partial charge in [0.1, 0.15) is 5.82 Å². The molecule has 1 amide bonds. The Kier molecular flexibility index (Phi) is 5.61. The predicted molar refractivity (Wildman–Crippen MR) is 111 cm³/mol. The van der Waals surface area contributed by atoms with Gasteiger partial charge in [-0.1, -0.05) is 0 Å². The fraction of sp³-hybridized carbons (Fsp3) is 0.429. The quantitative estimate of drug-likeness (QED) is 0.688. The van der Waals surface area contributed by atoms with E-state index < -0.39 is 0 Å². The van der Waals surface area contributed by atoms with Crippen LogP contribution in [0.1, 0.15) is 35.5 Å². The summed E-state index contributed by atoms with van der Waals surface area (Å²) in [5.74, 6) is -0.107. The maximum Gasteiger partial charge on any atom is 0.223 e. The van der Waals surface area contributed by atoms with Crippen LogP contribution in [-0.2, 0) is 37.3 Å². The van der Waals surface area contributed by atoms with E-state index in [0.717, 1.165) is 60.3 Å². The monoisotopic (exact) mass is 417 g/mol. The topological polar surface area (TPSA) is 66.0 Å². The van der Waals surface area contributed by atoms with E-state index in [9.17, 15) is 9.18 Å². The maximum atomic E-state index is 13.7. The van der Waals surface area contributed by atoms with Crippen molar-refractivity contribution in [1.82, 2.24) is 25.0 Å². The van der Waals surface area contributed by atoms with Crippen molar-refractivity contribution >= 4 is 29.2 Å². The molecular formula is C21H25ClFN5O. The minimum absolute atomic E-state index is 0. The van der Waals surface area contributed by atoms with Gasteiger partial charge in [0.2, 0.25) is 5.91 Å². The van der Waals surface area contributed by atoms with Gasteiger partial charge in [-0.25, -0.2) is 4.39 Å². The number of carbonyl (C=O) groups is 1. The molecule has 0 atom stereocenters. The Balaban J connectivity index is 0.00000205. The van der Waals surface area contributed by atoms with Gasteiger partial charge in [0.15, 0.2) is 0 Å². The van der Waals surface area contributed by atoms with Gasteiger partial charge in [-0.2, -0.15) is 5.10 Å². The summed E-state index contributed by atoms with van der Waals surface area (Å²) in [6, 6.07) is 6.91. The molecule has 2 N–H and O–H groups in total. The van der Waals surface area contributed by atoms with Crippen LogP contribution in [0.3, 0.4) is 0 Å². The van der Waals surface area contributed by atoms with Crippen LogP contribution in [0, 0.1) is 5.82 Å². The predicted octanol–water partition coefficient (Wildman–Crippen LogP) is 2.94. The molecule has 0 unspecified atom stereocenters. The molecule has 6 nitrogen and oxygen atoms in total. The summed E-state index contributed by atoms with van der Waals surface area (Å²) in [5, 5.41) is 8.95. The van der Waals surface area contributed by atoms with Crippen molar-refractivity contribution in [2.24, 2.45) is 0 Å². The number of hydrogen-bond donors (Lipinski definition) is 2. The highest BCUT2D eigenvalue weighted by molar-refractivity contribution is 5.86. The summed E-state index contributed by atoms with van der Waals surface area (Å²) in [6.45, 7) is 4.03. The van der Waals surface area contributed by atoms with Crippen LogP contribution in [0.5, 0.6) is 0 Å². The standard InChI is InChI=1S/C21H24FN5O.ClH/c22-14-2-4-19-17(10-14)18-13-26(9-6-20(18)24-19)21(28)5-3-15-11-16-12-23-7-1-8-27(16)25-15;/h2,4,10-11,23-24H,1,3,5-9,12-13H2;1H. The lowest BCUT2D eigenvalue weighted by atomic mass is 10.0. The Morgan fingerprint density at radius 2 is 2.14 bits per heavy atom. The third-order valence-corrected chi connectivity index (χ3v) is 5.83. The summed E-state index contributed by atoms with van der Waals surface area (Å²) in [7, 11) is 0. The average Bonchev–Trinajstić information content (AvgIpc) is 3.19. The molecule has 29 heavy (non-hydrogen) atoms. The van der Waals surface area contributed by atoms with Crippen LogP contribution < -0.4 is 5.32 Å². The van der Waals surface area contributed by atoms with Crippen LogP contribution in [0.2, 0.25) is 0 Å². The number of aromatic nitrogens is 3. The largest absolute Gasteiger partial charge is 0.358 e. The van der Waals surface area contributed by atoms with Crippen LogP contribution in [-0.4, -0.2) is 38.7 Å². The van der Waals surface area contributed by atoms with Crippen molar-refractivity contribution in [3.05, 3.63) is 52.7 Å². The molecule has 2 aromatic heterocycles. The summed E-state index contributed by atoms with van der Waals surface area (Å²) in [4.78, 5) is 18.1. The lowest BCUT2D eigenvalue weighted by Gasteiger charge is -2.27. The lowest BCUT2D eigenvalue weighted by Crippen LogP contribution is -2.35. The zero-order valence-electron chi connectivity index (χ0n) is 16.2. The third kappa shape index (κ3) is 3.89. The number of amides is 1. The minimum atomic E-state index is -0.244. The minimum Gasteiger partial charge on any atom is -0.358 e. The number of fused-ring (bicyclic) bond motifs is 4. The van der Waals surface area contributed by atoms with Gasteiger partial charge in [-0.3, -0.25) is 9.48 Å². The number of rotatable bonds is 3. The number of hydrogen-bond acceptors (Lipinski definition) is 3. The van der Waals surface area contributed by atoms with E-state index in [-0.39, 0.29) is 24.1 Å². The van der Waals surface area contributed by atoms with Crippen molar-refractivity contribution in [3.8, 4) is 0 Å². The summed E-state index contributed by atoms with van der Waals surface area (Å²) in [6.07, 6.45) is 2.97. The van der Waals surface area contributed by atoms with Crippen molar-refractivity contribution in [2.45, 2.75) is 45.3 Å². The molecule has 0 spiro atoms. The second-order valence-corrected chi connectivity index (χ2v) is 7.72. The van der Waals surface area contributed by atoms with Crippen molar-refractivity contribution in [2.75, 3.05) is 13.1 Å². The highest BCUT2D eigenvalue weighted by Crippen LogP contribution is 2.28. The van der Waals surface area contributed by atoms with Gasteiger partial charge in [0.05, 0.1) is 11.4 Å². The summed E-state index contributed by atoms with van der Waals surface area (Å²) >= 11 is 0. The molecule has 2 aliphatic heterocycles. The van der Waals surface area contributed by atoms with Gasteiger partial charge in [-0.05, 0) is 37.2 Å². The number of aromatic amines is 1. The molecule has 4 heterocycles. The molecule has 0 saturated heterocycles. The summed E-state index contributed by atoms with van der Waals surface area (Å²) in [5.41, 5.74) is 5.29. The molecule has 2 aliphatic rings. The van der Waals surface area contributed by atoms with Crippen molar-refractivity contribution in [1.29, 1.82) is 0 Å². The molecule has 8 heteroatoms. The van der Waals surface area contributed by atoms with E-state index in [1.54, 1.807) is 12.1 Å². The van der Waals surface area contributed by atoms with E-state index in [2.05, 4.69) is 26.1 Å². The molecule has 0 saturated carbocycles. The Morgan fingerprint density at radius 3 is 3.03 bits per heavy atom. The van der Waals surface area contributed by atoms with Gasteiger partial charge in [-0.15, -0.1) is 12.4 Å². The fourth-order valence-corrected chi connectivity index (χ4v) is 4.34. The number of H-pyrrole nitrogens is 1. The SMILES string of the molecule is Cl.O=C(CCc1cc2n(n1)CCCNC2)N1CCc2[nH]c3ccc(F)cc3c2C1. The van der Waals surface area contributed by atoms with E-state index in [1.165, 1.54) is 11.8 Å². The smallest absolute Gasteiger partial charge is 0.223 e. The average molecular weight is 418 g/mol. The molecular weight excluding hydrogens is 393 g/mol. The highest BCUT2D eigenvalue weighted by Gasteiger charge is 2.24. The Labute approximate surface area is 174 Å². The van der Waals surface area contributed by atoms with Gasteiger partial charge >= 0.3 is 0 Å². The molecule has 1 aromatic carbocycles. The summed E-state index contributed by atoms with van der Waals surface area (Å²) < 4.78 is 15.7. The van der Waals surface area contributed by atoms with Crippen LogP contribution in [0.15, 0.2) is 24.3 Å². The van der Waals surface area contributed by atoms with Gasteiger partial charge in [0.25, 0.3) is 0 Å². The maximum absolute atomic E-state index is 13.7. The van der Waals surface area contributed by atoms with Crippen LogP contribution in [0.4, 0.5) is 4.39 Å². The first-order valence-corrected chi connectivity index (χ1v) is 10.0. The molecule has 0 bridgehead atoms. The van der Waals surface area contributed by atoms with Gasteiger partial charge < -0.3 is 15.2 Å². The second kappa shape index (κ2) is 8.16. The van der Waals surface area contributed by atoms with E-state index >= 15 is 0 Å². The van der Waals surface area contributed by atoms with Gasteiger partial charge in [0, 0.05) is 67.6 Å². The number of carbonyl (C=O) groups excluding carboxylic acids is 1. The van der Waals surface area contributed by atoms with Crippen molar-refractivity contribution in [3.63, 3.8) is 0 Å². The van der Waals surface area contributed by atoms with Crippen molar-refractivity contribution < 1.29 is 9.18 Å².